The van der Waals surface area contributed by atoms with E-state index < -0.39 is 20.0 Å². The van der Waals surface area contributed by atoms with Crippen LogP contribution in [0, 0.1) is 11.8 Å². The third kappa shape index (κ3) is 6.03. The summed E-state index contributed by atoms with van der Waals surface area (Å²) in [4.78, 5) is 19.2. The molecule has 2 aliphatic carbocycles. The third-order valence-electron chi connectivity index (χ3n) is 10.7. The van der Waals surface area contributed by atoms with E-state index in [9.17, 15) is 16.8 Å². The lowest BCUT2D eigenvalue weighted by Gasteiger charge is -2.19. The standard InChI is InChI=1S/2C16H21N7O2S/c2*1-2-21-10-22(26(24,25)9-11-3-4-11)8-13(21)16-20-19-14-7-18-15-12(23(14)16)5-6-17-15/h2*5-7,11,13,17H,2-4,8-10H2,1H3/t2*13-/m10/s1. The van der Waals surface area contributed by atoms with Crippen LogP contribution in [-0.2, 0) is 20.0 Å². The normalized spacial score (nSPS) is 22.7. The highest BCUT2D eigenvalue weighted by Crippen LogP contribution is 2.36. The number of aromatic nitrogens is 10. The molecule has 276 valence electrons. The fraction of sp³-hybridized carbons (Fsp3) is 0.562. The lowest BCUT2D eigenvalue weighted by atomic mass is 10.2. The fourth-order valence-electron chi connectivity index (χ4n) is 7.47. The Balaban J connectivity index is 0.000000138. The molecule has 2 N–H and O–H groups in total. The molecule has 0 amide bonds. The molecular weight excluding hydrogens is 709 g/mol. The van der Waals surface area contributed by atoms with E-state index in [1.165, 1.54) is 0 Å². The van der Waals surface area contributed by atoms with Gasteiger partial charge in [0.15, 0.2) is 34.2 Å². The summed E-state index contributed by atoms with van der Waals surface area (Å²) in [7, 11) is -6.47. The van der Waals surface area contributed by atoms with Crippen molar-refractivity contribution in [3.05, 3.63) is 48.6 Å². The first-order chi connectivity index (χ1) is 25.1. The van der Waals surface area contributed by atoms with Crippen LogP contribution < -0.4 is 0 Å². The molecule has 0 unspecified atom stereocenters. The van der Waals surface area contributed by atoms with Gasteiger partial charge in [0.2, 0.25) is 20.0 Å². The van der Waals surface area contributed by atoms with E-state index in [1.54, 1.807) is 21.0 Å². The summed E-state index contributed by atoms with van der Waals surface area (Å²) in [5, 5.41) is 17.3. The number of hydrogen-bond donors (Lipinski definition) is 2. The van der Waals surface area contributed by atoms with Gasteiger partial charge >= 0.3 is 0 Å². The number of nitrogens with one attached hydrogen (secondary N) is 2. The van der Waals surface area contributed by atoms with Gasteiger partial charge < -0.3 is 9.97 Å². The highest BCUT2D eigenvalue weighted by Gasteiger charge is 2.43. The smallest absolute Gasteiger partial charge is 0.215 e. The Labute approximate surface area is 300 Å². The molecule has 2 aliphatic heterocycles. The summed E-state index contributed by atoms with van der Waals surface area (Å²) in [5.74, 6) is 2.74. The minimum atomic E-state index is -3.23. The minimum absolute atomic E-state index is 0.121. The molecule has 4 aliphatic rings. The second-order valence-corrected chi connectivity index (χ2v) is 18.3. The maximum atomic E-state index is 12.7. The van der Waals surface area contributed by atoms with Gasteiger partial charge in [-0.15, -0.1) is 20.4 Å². The predicted molar refractivity (Wildman–Crippen MR) is 192 cm³/mol. The van der Waals surface area contributed by atoms with Crippen LogP contribution >= 0.6 is 0 Å². The Morgan fingerprint density at radius 1 is 0.654 bits per heavy atom. The van der Waals surface area contributed by atoms with E-state index in [-0.39, 0.29) is 23.6 Å². The molecule has 2 saturated carbocycles. The molecule has 8 heterocycles. The van der Waals surface area contributed by atoms with Gasteiger partial charge in [-0.1, -0.05) is 13.8 Å². The van der Waals surface area contributed by atoms with Crippen molar-refractivity contribution < 1.29 is 16.8 Å². The van der Waals surface area contributed by atoms with Crippen molar-refractivity contribution in [3.63, 3.8) is 0 Å². The zero-order chi connectivity index (χ0) is 35.8. The number of hydrogen-bond acceptors (Lipinski definition) is 12. The van der Waals surface area contributed by atoms with Crippen molar-refractivity contribution in [2.24, 2.45) is 11.8 Å². The zero-order valence-electron chi connectivity index (χ0n) is 29.1. The number of nitrogens with zero attached hydrogens (tertiary/aromatic N) is 12. The van der Waals surface area contributed by atoms with Crippen molar-refractivity contribution in [3.8, 4) is 0 Å². The molecule has 10 rings (SSSR count). The van der Waals surface area contributed by atoms with Crippen molar-refractivity contribution in [2.45, 2.75) is 51.6 Å². The van der Waals surface area contributed by atoms with E-state index in [0.29, 0.717) is 49.6 Å². The average molecular weight is 751 g/mol. The fourth-order valence-corrected chi connectivity index (χ4v) is 11.1. The van der Waals surface area contributed by atoms with Crippen molar-refractivity contribution in [2.75, 3.05) is 51.0 Å². The van der Waals surface area contributed by atoms with E-state index in [0.717, 1.165) is 72.7 Å². The van der Waals surface area contributed by atoms with Crippen LogP contribution in [0.2, 0.25) is 0 Å². The topological polar surface area (TPSA) is 199 Å². The van der Waals surface area contributed by atoms with E-state index in [1.807, 2.05) is 47.2 Å². The number of fused-ring (bicyclic) bond motifs is 6. The zero-order valence-corrected chi connectivity index (χ0v) is 30.7. The molecule has 6 aromatic rings. The minimum Gasteiger partial charge on any atom is -0.345 e. The first-order valence-electron chi connectivity index (χ1n) is 17.9. The predicted octanol–water partition coefficient (Wildman–Crippen LogP) is 1.96. The number of likely N-dealkylation sites (N-methyl/N-ethyl adjacent to an activating group) is 2. The molecule has 4 fully saturated rings. The van der Waals surface area contributed by atoms with Crippen molar-refractivity contribution in [1.29, 1.82) is 0 Å². The molecule has 18 nitrogen and oxygen atoms in total. The number of aromatic amines is 2. The lowest BCUT2D eigenvalue weighted by Crippen LogP contribution is -2.33. The Morgan fingerprint density at radius 2 is 1.08 bits per heavy atom. The van der Waals surface area contributed by atoms with E-state index >= 15 is 0 Å². The lowest BCUT2D eigenvalue weighted by molar-refractivity contribution is 0.255. The maximum absolute atomic E-state index is 12.7. The summed E-state index contributed by atoms with van der Waals surface area (Å²) in [6.07, 6.45) is 11.1. The average Bonchev–Trinajstić information content (AvgIpc) is 3.65. The number of rotatable bonds is 10. The molecule has 0 radical (unpaired) electrons. The van der Waals surface area contributed by atoms with Gasteiger partial charge in [-0.3, -0.25) is 18.6 Å². The summed E-state index contributed by atoms with van der Waals surface area (Å²) in [6.45, 7) is 7.23. The highest BCUT2D eigenvalue weighted by molar-refractivity contribution is 7.89. The Hall–Kier alpha value is -4.08. The van der Waals surface area contributed by atoms with Crippen LogP contribution in [0.15, 0.2) is 36.9 Å². The Bertz CT molecular complexity index is 2310. The van der Waals surface area contributed by atoms with Crippen LogP contribution in [-0.4, -0.2) is 135 Å². The molecular formula is C32H42N14O4S2. The van der Waals surface area contributed by atoms with Crippen LogP contribution in [0.1, 0.15) is 63.3 Å². The first kappa shape index (κ1) is 33.7. The quantitative estimate of drug-likeness (QED) is 0.207. The second kappa shape index (κ2) is 12.8. The molecule has 6 aromatic heterocycles. The summed E-state index contributed by atoms with van der Waals surface area (Å²) in [6, 6.07) is 3.64. The van der Waals surface area contributed by atoms with Crippen LogP contribution in [0.3, 0.4) is 0 Å². The van der Waals surface area contributed by atoms with Crippen LogP contribution in [0.5, 0.6) is 0 Å². The van der Waals surface area contributed by atoms with Gasteiger partial charge in [0.05, 0.1) is 60.4 Å². The van der Waals surface area contributed by atoms with E-state index in [4.69, 9.17) is 0 Å². The molecule has 20 heteroatoms. The van der Waals surface area contributed by atoms with Gasteiger partial charge in [0.1, 0.15) is 0 Å². The summed E-state index contributed by atoms with van der Waals surface area (Å²) in [5.41, 5.74) is 4.66. The third-order valence-corrected chi connectivity index (χ3v) is 14.6. The van der Waals surface area contributed by atoms with Crippen LogP contribution in [0.25, 0.3) is 33.6 Å². The van der Waals surface area contributed by atoms with Gasteiger partial charge in [-0.05, 0) is 62.7 Å². The Kier molecular flexibility index (Phi) is 8.30. The SMILES string of the molecule is CCN1CN(S(=O)(=O)CC2CC2)C[C@@H]1c1nnc2cnc3[nH]ccc3n12.CCN1CN(S(=O)(=O)CC2CC2)C[C@H]1c1nnc2cnc3[nH]ccc3n12. The van der Waals surface area contributed by atoms with Crippen molar-refractivity contribution in [1.82, 2.24) is 67.5 Å². The molecule has 2 atom stereocenters. The summed E-state index contributed by atoms with van der Waals surface area (Å²) >= 11 is 0. The second-order valence-electron chi connectivity index (χ2n) is 14.3. The molecule has 52 heavy (non-hydrogen) atoms. The van der Waals surface area contributed by atoms with Gasteiger partial charge in [-0.25, -0.2) is 26.8 Å². The number of H-pyrrole nitrogens is 2. The highest BCUT2D eigenvalue weighted by atomic mass is 32.2. The molecule has 0 spiro atoms. The van der Waals surface area contributed by atoms with Gasteiger partial charge in [0, 0.05) is 25.5 Å². The monoisotopic (exact) mass is 750 g/mol. The maximum Gasteiger partial charge on any atom is 0.215 e. The van der Waals surface area contributed by atoms with Crippen molar-refractivity contribution >= 4 is 53.7 Å². The molecule has 0 aromatic carbocycles. The van der Waals surface area contributed by atoms with Gasteiger partial charge in [0.25, 0.3) is 0 Å². The van der Waals surface area contributed by atoms with E-state index in [2.05, 4.69) is 50.1 Å². The molecule has 2 saturated heterocycles. The first-order valence-corrected chi connectivity index (χ1v) is 21.1. The van der Waals surface area contributed by atoms with Crippen LogP contribution in [0.4, 0.5) is 0 Å². The Morgan fingerprint density at radius 3 is 1.46 bits per heavy atom. The summed E-state index contributed by atoms with van der Waals surface area (Å²) < 4.78 is 58.1. The van der Waals surface area contributed by atoms with Gasteiger partial charge in [-0.2, -0.15) is 8.61 Å². The largest absolute Gasteiger partial charge is 0.345 e. The molecule has 0 bridgehead atoms. The number of sulfonamides is 2.